The predicted molar refractivity (Wildman–Crippen MR) is 45.8 cm³/mol. The molecule has 0 aliphatic carbocycles. The molecule has 1 rings (SSSR count). The van der Waals surface area contributed by atoms with E-state index in [0.29, 0.717) is 0 Å². The maximum atomic E-state index is 5.23. The van der Waals surface area contributed by atoms with Crippen LogP contribution in [0.5, 0.6) is 0 Å². The van der Waals surface area contributed by atoms with Gasteiger partial charge in [0, 0.05) is 0 Å². The first-order chi connectivity index (χ1) is 5.38. The molecular weight excluding hydrogens is 201 g/mol. The summed E-state index contributed by atoms with van der Waals surface area (Å²) in [6.07, 6.45) is 0. The van der Waals surface area contributed by atoms with Crippen LogP contribution < -0.4 is 4.40 Å². The molecule has 0 saturated carbocycles. The molecule has 0 unspecified atom stereocenters. The Bertz CT molecular complexity index is 197. The van der Waals surface area contributed by atoms with Crippen LogP contribution in [0.2, 0.25) is 0 Å². The molecule has 1 aromatic rings. The van der Waals surface area contributed by atoms with Crippen molar-refractivity contribution in [1.82, 2.24) is 0 Å². The van der Waals surface area contributed by atoms with Crippen molar-refractivity contribution in [2.75, 3.05) is 14.2 Å². The van der Waals surface area contributed by atoms with E-state index in [2.05, 4.69) is 0 Å². The Hall–Kier alpha value is -0.317. The summed E-state index contributed by atoms with van der Waals surface area (Å²) < 4.78 is 11.7. The van der Waals surface area contributed by atoms with E-state index in [1.54, 1.807) is 14.2 Å². The Balaban J connectivity index is 2.74. The van der Waals surface area contributed by atoms with Gasteiger partial charge in [0.15, 0.2) is 0 Å². The Morgan fingerprint density at radius 2 is 1.55 bits per heavy atom. The van der Waals surface area contributed by atoms with Crippen LogP contribution >= 0.6 is 0 Å². The van der Waals surface area contributed by atoms with Crippen molar-refractivity contribution < 1.29 is 7.53 Å². The zero-order valence-corrected chi connectivity index (χ0v) is 8.80. The van der Waals surface area contributed by atoms with Crippen LogP contribution in [-0.2, 0) is 7.53 Å². The van der Waals surface area contributed by atoms with Gasteiger partial charge in [-0.1, -0.05) is 0 Å². The van der Waals surface area contributed by atoms with Crippen molar-refractivity contribution in [2.24, 2.45) is 0 Å². The average molecular weight is 212 g/mol. The summed E-state index contributed by atoms with van der Waals surface area (Å²) >= 11 is -1.81. The van der Waals surface area contributed by atoms with Crippen molar-refractivity contribution in [3.63, 3.8) is 0 Å². The summed E-state index contributed by atoms with van der Waals surface area (Å²) in [5.41, 5.74) is 0. The fourth-order valence-electron chi connectivity index (χ4n) is 0.893. The monoisotopic (exact) mass is 213 g/mol. The molecule has 0 heterocycles. The normalized spacial score (nSPS) is 10.5. The van der Waals surface area contributed by atoms with Gasteiger partial charge >= 0.3 is 71.5 Å². The summed E-state index contributed by atoms with van der Waals surface area (Å²) in [6, 6.07) is 10.1. The van der Waals surface area contributed by atoms with Crippen molar-refractivity contribution in [1.29, 1.82) is 0 Å². The average Bonchev–Trinajstić information content (AvgIpc) is 2.09. The Labute approximate surface area is 71.9 Å². The fraction of sp³-hybridized carbons (Fsp3) is 0.250. The second kappa shape index (κ2) is 4.54. The van der Waals surface area contributed by atoms with Crippen molar-refractivity contribution in [3.05, 3.63) is 30.3 Å². The second-order valence-electron chi connectivity index (χ2n) is 2.06. The molecule has 0 N–H and O–H groups in total. The molecule has 0 saturated heterocycles. The second-order valence-corrected chi connectivity index (χ2v) is 6.19. The van der Waals surface area contributed by atoms with Gasteiger partial charge in [-0.25, -0.2) is 0 Å². The van der Waals surface area contributed by atoms with Crippen molar-refractivity contribution >= 4 is 19.4 Å². The third-order valence-corrected chi connectivity index (χ3v) is 4.62. The van der Waals surface area contributed by atoms with E-state index in [1.165, 1.54) is 4.40 Å². The first-order valence-corrected chi connectivity index (χ1v) is 6.15. The van der Waals surface area contributed by atoms with E-state index < -0.39 is 15.0 Å². The standard InChI is InChI=1S/C8H11GeO2/c1-10-9(11-2)8-6-4-3-5-7-8/h3-7H,1-2H3. The molecule has 0 bridgehead atoms. The molecule has 0 aliphatic rings. The van der Waals surface area contributed by atoms with E-state index in [9.17, 15) is 0 Å². The quantitative estimate of drug-likeness (QED) is 0.685. The predicted octanol–water partition coefficient (Wildman–Crippen LogP) is 0.675. The SMILES string of the molecule is C[O][Ge]([O]C)[c]1ccccc1. The van der Waals surface area contributed by atoms with Crippen LogP contribution in [0.15, 0.2) is 30.3 Å². The molecule has 0 amide bonds. The van der Waals surface area contributed by atoms with Gasteiger partial charge in [-0.2, -0.15) is 0 Å². The van der Waals surface area contributed by atoms with Crippen LogP contribution in [0.3, 0.4) is 0 Å². The molecule has 59 valence electrons. The Morgan fingerprint density at radius 3 is 2.00 bits per heavy atom. The van der Waals surface area contributed by atoms with Crippen LogP contribution in [0.25, 0.3) is 0 Å². The number of hydrogen-bond donors (Lipinski definition) is 0. The summed E-state index contributed by atoms with van der Waals surface area (Å²) in [7, 11) is 3.40. The van der Waals surface area contributed by atoms with Crippen LogP contribution in [0, 0.1) is 0 Å². The Kier molecular flexibility index (Phi) is 3.62. The molecule has 1 aromatic carbocycles. The zero-order chi connectivity index (χ0) is 8.10. The summed E-state index contributed by atoms with van der Waals surface area (Å²) in [5.74, 6) is 0. The van der Waals surface area contributed by atoms with Crippen LogP contribution in [-0.4, -0.2) is 29.2 Å². The fourth-order valence-corrected chi connectivity index (χ4v) is 3.21. The van der Waals surface area contributed by atoms with Gasteiger partial charge < -0.3 is 0 Å². The number of rotatable bonds is 3. The molecule has 3 heteroatoms. The van der Waals surface area contributed by atoms with Crippen LogP contribution in [0.1, 0.15) is 0 Å². The summed E-state index contributed by atoms with van der Waals surface area (Å²) in [6.45, 7) is 0. The summed E-state index contributed by atoms with van der Waals surface area (Å²) in [4.78, 5) is 0. The van der Waals surface area contributed by atoms with Gasteiger partial charge in [-0.3, -0.25) is 0 Å². The molecule has 11 heavy (non-hydrogen) atoms. The molecule has 0 fully saturated rings. The minimum absolute atomic E-state index is 1.21. The maximum absolute atomic E-state index is 5.23. The van der Waals surface area contributed by atoms with Gasteiger partial charge in [0.05, 0.1) is 0 Å². The zero-order valence-electron chi connectivity index (χ0n) is 6.70. The van der Waals surface area contributed by atoms with Gasteiger partial charge in [0.25, 0.3) is 0 Å². The third-order valence-electron chi connectivity index (χ3n) is 1.38. The summed E-state index contributed by atoms with van der Waals surface area (Å²) in [5, 5.41) is 0. The first kappa shape index (κ1) is 8.78. The van der Waals surface area contributed by atoms with Gasteiger partial charge in [-0.05, 0) is 0 Å². The topological polar surface area (TPSA) is 18.5 Å². The minimum atomic E-state index is -1.81. The molecule has 1 radical (unpaired) electrons. The third kappa shape index (κ3) is 2.32. The Morgan fingerprint density at radius 1 is 1.00 bits per heavy atom. The van der Waals surface area contributed by atoms with Crippen molar-refractivity contribution in [3.8, 4) is 0 Å². The molecule has 0 atom stereocenters. The molecule has 0 spiro atoms. The van der Waals surface area contributed by atoms with E-state index in [-0.39, 0.29) is 0 Å². The van der Waals surface area contributed by atoms with Gasteiger partial charge in [0.2, 0.25) is 0 Å². The van der Waals surface area contributed by atoms with E-state index in [1.807, 2.05) is 30.3 Å². The molecule has 0 aliphatic heterocycles. The van der Waals surface area contributed by atoms with Crippen LogP contribution in [0.4, 0.5) is 0 Å². The van der Waals surface area contributed by atoms with E-state index in [4.69, 9.17) is 7.53 Å². The number of benzene rings is 1. The molecule has 0 aromatic heterocycles. The molecule has 2 nitrogen and oxygen atoms in total. The van der Waals surface area contributed by atoms with E-state index >= 15 is 0 Å². The van der Waals surface area contributed by atoms with Crippen molar-refractivity contribution in [2.45, 2.75) is 0 Å². The van der Waals surface area contributed by atoms with Gasteiger partial charge in [0.1, 0.15) is 0 Å². The molecular formula is C8H11GeO2. The van der Waals surface area contributed by atoms with Gasteiger partial charge in [-0.15, -0.1) is 0 Å². The first-order valence-electron chi connectivity index (χ1n) is 3.39. The number of hydrogen-bond acceptors (Lipinski definition) is 2. The van der Waals surface area contributed by atoms with E-state index in [0.717, 1.165) is 0 Å².